The van der Waals surface area contributed by atoms with Crippen molar-refractivity contribution in [3.8, 4) is 0 Å². The van der Waals surface area contributed by atoms with Gasteiger partial charge in [0, 0.05) is 36.6 Å². The van der Waals surface area contributed by atoms with E-state index in [0.29, 0.717) is 29.6 Å². The number of fused-ring (bicyclic) bond motifs is 1. The summed E-state index contributed by atoms with van der Waals surface area (Å²) in [6.07, 6.45) is 6.34. The minimum absolute atomic E-state index is 0.103. The lowest BCUT2D eigenvalue weighted by Gasteiger charge is -2.31. The summed E-state index contributed by atoms with van der Waals surface area (Å²) >= 11 is 5.90. The molecule has 0 radical (unpaired) electrons. The summed E-state index contributed by atoms with van der Waals surface area (Å²) in [5.74, 6) is 0.747. The van der Waals surface area contributed by atoms with Crippen molar-refractivity contribution in [2.75, 3.05) is 13.6 Å². The van der Waals surface area contributed by atoms with Crippen LogP contribution in [-0.4, -0.2) is 45.9 Å². The van der Waals surface area contributed by atoms with Crippen LogP contribution < -0.4 is 5.32 Å². The van der Waals surface area contributed by atoms with Gasteiger partial charge in [0.05, 0.1) is 11.0 Å². The van der Waals surface area contributed by atoms with Gasteiger partial charge in [-0.3, -0.25) is 9.59 Å². The Morgan fingerprint density at radius 2 is 1.81 bits per heavy atom. The summed E-state index contributed by atoms with van der Waals surface area (Å²) in [6.45, 7) is 0.686. The van der Waals surface area contributed by atoms with Crippen LogP contribution in [0.25, 0.3) is 11.0 Å². The molecule has 0 unspecified atom stereocenters. The van der Waals surface area contributed by atoms with Crippen LogP contribution in [0.15, 0.2) is 48.5 Å². The van der Waals surface area contributed by atoms with Gasteiger partial charge in [-0.05, 0) is 49.2 Å². The molecule has 0 atom stereocenters. The average Bonchev–Trinajstić information content (AvgIpc) is 3.16. The molecule has 6 nitrogen and oxygen atoms in total. The molecule has 2 aromatic carbocycles. The molecule has 7 heteroatoms. The molecule has 1 aromatic heterocycles. The second-order valence-electron chi connectivity index (χ2n) is 8.41. The van der Waals surface area contributed by atoms with Gasteiger partial charge in [0.25, 0.3) is 5.91 Å². The number of para-hydroxylation sites is 2. The molecule has 1 saturated carbocycles. The zero-order valence-electron chi connectivity index (χ0n) is 18.4. The molecule has 168 valence electrons. The number of hydrogen-bond acceptors (Lipinski definition) is 3. The summed E-state index contributed by atoms with van der Waals surface area (Å²) < 4.78 is 1.99. The number of carbonyl (C=O) groups is 2. The van der Waals surface area contributed by atoms with Crippen molar-refractivity contribution in [1.82, 2.24) is 19.8 Å². The number of likely N-dealkylation sites (N-methyl/N-ethyl adjacent to an activating group) is 1. The molecule has 0 bridgehead atoms. The van der Waals surface area contributed by atoms with Gasteiger partial charge >= 0.3 is 0 Å². The highest BCUT2D eigenvalue weighted by atomic mass is 35.5. The Balaban J connectivity index is 1.45. The van der Waals surface area contributed by atoms with Crippen molar-refractivity contribution in [3.63, 3.8) is 0 Å². The molecule has 4 rings (SSSR count). The summed E-state index contributed by atoms with van der Waals surface area (Å²) in [5.41, 5.74) is 2.36. The van der Waals surface area contributed by atoms with Gasteiger partial charge in [-0.15, -0.1) is 0 Å². The van der Waals surface area contributed by atoms with Gasteiger partial charge in [0.15, 0.2) is 0 Å². The summed E-state index contributed by atoms with van der Waals surface area (Å²) in [5, 5.41) is 3.53. The molecule has 0 saturated heterocycles. The average molecular weight is 453 g/mol. The van der Waals surface area contributed by atoms with Crippen molar-refractivity contribution in [2.24, 2.45) is 0 Å². The third-order valence-electron chi connectivity index (χ3n) is 6.28. The fourth-order valence-corrected chi connectivity index (χ4v) is 4.53. The maximum atomic E-state index is 13.1. The third kappa shape index (κ3) is 5.13. The standard InChI is InChI=1S/C25H29ClN4O2/c1-29(20-7-3-2-4-8-20)24(31)17-30-22-10-6-5-9-21(22)28-23(30)15-16-27-25(32)18-11-13-19(26)14-12-18/h5-6,9-14,20H,2-4,7-8,15-17H2,1H3,(H,27,32). The van der Waals surface area contributed by atoms with E-state index in [-0.39, 0.29) is 18.4 Å². The molecular weight excluding hydrogens is 424 g/mol. The van der Waals surface area contributed by atoms with E-state index in [0.717, 1.165) is 29.7 Å². The Bertz CT molecular complexity index is 1090. The number of amides is 2. The number of nitrogens with one attached hydrogen (secondary N) is 1. The molecule has 1 aliphatic rings. The number of hydrogen-bond donors (Lipinski definition) is 1. The second kappa shape index (κ2) is 10.2. The van der Waals surface area contributed by atoms with Gasteiger partial charge in [0.1, 0.15) is 12.4 Å². The first-order chi connectivity index (χ1) is 15.5. The van der Waals surface area contributed by atoms with Crippen molar-refractivity contribution < 1.29 is 9.59 Å². The quantitative estimate of drug-likeness (QED) is 0.575. The van der Waals surface area contributed by atoms with Crippen LogP contribution >= 0.6 is 11.6 Å². The zero-order valence-corrected chi connectivity index (χ0v) is 19.1. The topological polar surface area (TPSA) is 67.2 Å². The van der Waals surface area contributed by atoms with E-state index < -0.39 is 0 Å². The summed E-state index contributed by atoms with van der Waals surface area (Å²) in [6, 6.07) is 15.0. The predicted octanol–water partition coefficient (Wildman–Crippen LogP) is 4.45. The number of halogens is 1. The molecule has 0 aliphatic heterocycles. The molecule has 3 aromatic rings. The van der Waals surface area contributed by atoms with Gasteiger partial charge in [-0.2, -0.15) is 0 Å². The Morgan fingerprint density at radius 1 is 1.09 bits per heavy atom. The maximum Gasteiger partial charge on any atom is 0.251 e. The van der Waals surface area contributed by atoms with E-state index in [2.05, 4.69) is 5.32 Å². The summed E-state index contributed by atoms with van der Waals surface area (Å²) in [7, 11) is 1.92. The molecule has 1 N–H and O–H groups in total. The smallest absolute Gasteiger partial charge is 0.251 e. The molecular formula is C25H29ClN4O2. The van der Waals surface area contributed by atoms with Crippen LogP contribution in [-0.2, 0) is 17.8 Å². The van der Waals surface area contributed by atoms with Crippen LogP contribution in [0.4, 0.5) is 0 Å². The van der Waals surface area contributed by atoms with Crippen LogP contribution in [0.5, 0.6) is 0 Å². The van der Waals surface area contributed by atoms with E-state index >= 15 is 0 Å². The highest BCUT2D eigenvalue weighted by Gasteiger charge is 2.23. The summed E-state index contributed by atoms with van der Waals surface area (Å²) in [4.78, 5) is 32.2. The molecule has 2 amide bonds. The van der Waals surface area contributed by atoms with Gasteiger partial charge in [-0.25, -0.2) is 4.98 Å². The normalized spacial score (nSPS) is 14.4. The molecule has 1 aliphatic carbocycles. The highest BCUT2D eigenvalue weighted by molar-refractivity contribution is 6.30. The van der Waals surface area contributed by atoms with Crippen molar-refractivity contribution in [1.29, 1.82) is 0 Å². The Morgan fingerprint density at radius 3 is 2.56 bits per heavy atom. The number of nitrogens with zero attached hydrogens (tertiary/aromatic N) is 3. The zero-order chi connectivity index (χ0) is 22.5. The maximum absolute atomic E-state index is 13.1. The molecule has 1 heterocycles. The number of rotatable bonds is 7. The van der Waals surface area contributed by atoms with Crippen LogP contribution in [0, 0.1) is 0 Å². The lowest BCUT2D eigenvalue weighted by Crippen LogP contribution is -2.40. The Kier molecular flexibility index (Phi) is 7.10. The van der Waals surface area contributed by atoms with E-state index in [4.69, 9.17) is 16.6 Å². The van der Waals surface area contributed by atoms with Crippen molar-refractivity contribution in [3.05, 3.63) is 64.9 Å². The molecule has 1 fully saturated rings. The fourth-order valence-electron chi connectivity index (χ4n) is 4.40. The minimum atomic E-state index is -0.155. The number of aromatic nitrogens is 2. The van der Waals surface area contributed by atoms with E-state index in [9.17, 15) is 9.59 Å². The largest absolute Gasteiger partial charge is 0.352 e. The van der Waals surface area contributed by atoms with E-state index in [1.165, 1.54) is 19.3 Å². The molecule has 0 spiro atoms. The predicted molar refractivity (Wildman–Crippen MR) is 127 cm³/mol. The van der Waals surface area contributed by atoms with Crippen molar-refractivity contribution in [2.45, 2.75) is 51.1 Å². The molecule has 32 heavy (non-hydrogen) atoms. The lowest BCUT2D eigenvalue weighted by atomic mass is 9.94. The van der Waals surface area contributed by atoms with Crippen LogP contribution in [0.2, 0.25) is 5.02 Å². The SMILES string of the molecule is CN(C(=O)Cn1c(CCNC(=O)c2ccc(Cl)cc2)nc2ccccc21)C1CCCCC1. The highest BCUT2D eigenvalue weighted by Crippen LogP contribution is 2.23. The van der Waals surface area contributed by atoms with Crippen LogP contribution in [0.3, 0.4) is 0 Å². The van der Waals surface area contributed by atoms with E-state index in [1.807, 2.05) is 40.8 Å². The third-order valence-corrected chi connectivity index (χ3v) is 6.54. The van der Waals surface area contributed by atoms with Gasteiger partial charge in [0.2, 0.25) is 5.91 Å². The minimum Gasteiger partial charge on any atom is -0.352 e. The second-order valence-corrected chi connectivity index (χ2v) is 8.85. The fraction of sp³-hybridized carbons (Fsp3) is 0.400. The Hall–Kier alpha value is -2.86. The Labute approximate surface area is 193 Å². The van der Waals surface area contributed by atoms with E-state index in [1.54, 1.807) is 24.3 Å². The first-order valence-corrected chi connectivity index (χ1v) is 11.6. The number of benzene rings is 2. The first-order valence-electron chi connectivity index (χ1n) is 11.3. The first kappa shape index (κ1) is 22.3. The monoisotopic (exact) mass is 452 g/mol. The number of carbonyl (C=O) groups excluding carboxylic acids is 2. The van der Waals surface area contributed by atoms with Crippen LogP contribution in [0.1, 0.15) is 48.3 Å². The number of imidazole rings is 1. The van der Waals surface area contributed by atoms with Crippen molar-refractivity contribution >= 4 is 34.4 Å². The van der Waals surface area contributed by atoms with Gasteiger partial charge < -0.3 is 14.8 Å². The lowest BCUT2D eigenvalue weighted by molar-refractivity contribution is -0.133. The van der Waals surface area contributed by atoms with Gasteiger partial charge in [-0.1, -0.05) is 43.0 Å².